The van der Waals surface area contributed by atoms with Crippen LogP contribution in [-0.4, -0.2) is 59.4 Å². The van der Waals surface area contributed by atoms with Crippen molar-refractivity contribution in [2.24, 2.45) is 0 Å². The number of amides is 1. The number of ether oxygens (including phenoxy) is 1. The highest BCUT2D eigenvalue weighted by Gasteiger charge is 2.24. The second-order valence-electron chi connectivity index (χ2n) is 7.53. The molecule has 2 heterocycles. The summed E-state index contributed by atoms with van der Waals surface area (Å²) in [6, 6.07) is 7.88. The number of hydrogen-bond acceptors (Lipinski definition) is 6. The van der Waals surface area contributed by atoms with Gasteiger partial charge in [-0.05, 0) is 66.1 Å². The average Bonchev–Trinajstić information content (AvgIpc) is 3.25. The second kappa shape index (κ2) is 8.92. The second-order valence-corrected chi connectivity index (χ2v) is 8.54. The average molecular weight is 416 g/mol. The first-order chi connectivity index (χ1) is 13.8. The van der Waals surface area contributed by atoms with Gasteiger partial charge in [-0.15, -0.1) is 0 Å². The van der Waals surface area contributed by atoms with Gasteiger partial charge in [0.2, 0.25) is 0 Å². The van der Waals surface area contributed by atoms with Gasteiger partial charge in [0, 0.05) is 24.8 Å². The van der Waals surface area contributed by atoms with Gasteiger partial charge in [-0.2, -0.15) is 5.10 Å². The van der Waals surface area contributed by atoms with Crippen molar-refractivity contribution in [1.82, 2.24) is 19.7 Å². The minimum absolute atomic E-state index is 0.126. The van der Waals surface area contributed by atoms with E-state index < -0.39 is 0 Å². The summed E-state index contributed by atoms with van der Waals surface area (Å²) in [5.74, 6) is 0.686. The normalized spacial score (nSPS) is 11.6. The zero-order valence-electron chi connectivity index (χ0n) is 18.0. The summed E-state index contributed by atoms with van der Waals surface area (Å²) in [6.45, 7) is 9.93. The van der Waals surface area contributed by atoms with Crippen LogP contribution in [0.1, 0.15) is 43.0 Å². The summed E-state index contributed by atoms with van der Waals surface area (Å²) >= 11 is 1.50. The summed E-state index contributed by atoms with van der Waals surface area (Å²) in [5, 5.41) is 5.22. The molecule has 0 atom stereocenters. The molecule has 0 saturated heterocycles. The van der Waals surface area contributed by atoms with Gasteiger partial charge in [-0.25, -0.2) is 4.98 Å². The van der Waals surface area contributed by atoms with Crippen LogP contribution < -0.4 is 9.64 Å². The van der Waals surface area contributed by atoms with Crippen molar-refractivity contribution < 1.29 is 9.53 Å². The van der Waals surface area contributed by atoms with Crippen LogP contribution in [0.25, 0.3) is 10.2 Å². The Morgan fingerprint density at radius 1 is 1.24 bits per heavy atom. The van der Waals surface area contributed by atoms with Gasteiger partial charge in [0.15, 0.2) is 10.8 Å². The van der Waals surface area contributed by atoms with Crippen LogP contribution in [0.4, 0.5) is 5.13 Å². The first-order valence-electron chi connectivity index (χ1n) is 9.86. The predicted molar refractivity (Wildman–Crippen MR) is 118 cm³/mol. The summed E-state index contributed by atoms with van der Waals surface area (Å²) in [5.41, 5.74) is 2.28. The van der Waals surface area contributed by atoms with E-state index >= 15 is 0 Å². The molecule has 156 valence electrons. The number of hydrogen-bond donors (Lipinski definition) is 0. The van der Waals surface area contributed by atoms with E-state index in [-0.39, 0.29) is 11.9 Å². The van der Waals surface area contributed by atoms with Gasteiger partial charge in [0.1, 0.15) is 5.75 Å². The van der Waals surface area contributed by atoms with Crippen LogP contribution in [0.15, 0.2) is 24.3 Å². The van der Waals surface area contributed by atoms with Crippen LogP contribution in [0, 0.1) is 6.92 Å². The molecule has 8 heteroatoms. The molecule has 0 fully saturated rings. The maximum atomic E-state index is 13.4. The third-order valence-corrected chi connectivity index (χ3v) is 5.58. The number of anilines is 1. The minimum atomic E-state index is -0.126. The van der Waals surface area contributed by atoms with Crippen molar-refractivity contribution in [2.45, 2.75) is 33.7 Å². The molecule has 0 radical (unpaired) electrons. The Morgan fingerprint density at radius 2 is 2.00 bits per heavy atom. The van der Waals surface area contributed by atoms with E-state index in [4.69, 9.17) is 9.72 Å². The molecule has 0 saturated carbocycles. The number of carbonyl (C=O) groups excluding carboxylic acids is 1. The summed E-state index contributed by atoms with van der Waals surface area (Å²) < 4.78 is 8.47. The van der Waals surface area contributed by atoms with Gasteiger partial charge in [-0.1, -0.05) is 11.3 Å². The fourth-order valence-electron chi connectivity index (χ4n) is 3.10. The van der Waals surface area contributed by atoms with Gasteiger partial charge in [0.25, 0.3) is 5.91 Å². The Kier molecular flexibility index (Phi) is 6.54. The van der Waals surface area contributed by atoms with E-state index in [0.29, 0.717) is 24.0 Å². The Labute approximate surface area is 175 Å². The fraction of sp³-hybridized carbons (Fsp3) is 0.476. The molecule has 0 aliphatic heterocycles. The lowest BCUT2D eigenvalue weighted by atomic mass is 10.3. The van der Waals surface area contributed by atoms with E-state index in [2.05, 4.69) is 23.8 Å². The minimum Gasteiger partial charge on any atom is -0.494 e. The zero-order chi connectivity index (χ0) is 21.1. The number of carbonyl (C=O) groups is 1. The van der Waals surface area contributed by atoms with Crippen molar-refractivity contribution in [3.63, 3.8) is 0 Å². The molecule has 0 aliphatic carbocycles. The molecule has 0 N–H and O–H groups in total. The number of fused-ring (bicyclic) bond motifs is 1. The number of aromatic nitrogens is 3. The molecule has 29 heavy (non-hydrogen) atoms. The van der Waals surface area contributed by atoms with Crippen LogP contribution >= 0.6 is 11.3 Å². The highest BCUT2D eigenvalue weighted by atomic mass is 32.1. The molecule has 7 nitrogen and oxygen atoms in total. The lowest BCUT2D eigenvalue weighted by Crippen LogP contribution is -2.37. The monoisotopic (exact) mass is 415 g/mol. The summed E-state index contributed by atoms with van der Waals surface area (Å²) in [4.78, 5) is 21.9. The molecule has 1 aromatic carbocycles. The SMILES string of the molecule is CCOc1ccc2nc(N(CCN(C)C)C(=O)c3cc(C)n(C(C)C)n3)sc2c1. The number of nitrogens with zero attached hydrogens (tertiary/aromatic N) is 5. The van der Waals surface area contributed by atoms with Gasteiger partial charge < -0.3 is 9.64 Å². The van der Waals surface area contributed by atoms with E-state index in [1.165, 1.54) is 11.3 Å². The number of thiazole rings is 1. The lowest BCUT2D eigenvalue weighted by Gasteiger charge is -2.21. The van der Waals surface area contributed by atoms with Crippen molar-refractivity contribution in [3.05, 3.63) is 35.7 Å². The predicted octanol–water partition coefficient (Wildman–Crippen LogP) is 3.99. The van der Waals surface area contributed by atoms with Gasteiger partial charge in [-0.3, -0.25) is 14.4 Å². The van der Waals surface area contributed by atoms with Crippen LogP contribution in [0.2, 0.25) is 0 Å². The van der Waals surface area contributed by atoms with Crippen molar-refractivity contribution >= 4 is 32.6 Å². The third-order valence-electron chi connectivity index (χ3n) is 4.54. The summed E-state index contributed by atoms with van der Waals surface area (Å²) in [7, 11) is 3.99. The highest BCUT2D eigenvalue weighted by molar-refractivity contribution is 7.22. The van der Waals surface area contributed by atoms with Crippen molar-refractivity contribution in [3.8, 4) is 5.75 Å². The van der Waals surface area contributed by atoms with E-state index in [1.807, 2.05) is 56.9 Å². The van der Waals surface area contributed by atoms with Crippen molar-refractivity contribution in [2.75, 3.05) is 38.7 Å². The molecular weight excluding hydrogens is 386 g/mol. The van der Waals surface area contributed by atoms with E-state index in [1.54, 1.807) is 4.90 Å². The molecular formula is C21H29N5O2S. The quantitative estimate of drug-likeness (QED) is 0.557. The van der Waals surface area contributed by atoms with Gasteiger partial charge in [0.05, 0.1) is 16.8 Å². The first kappa shape index (κ1) is 21.3. The molecule has 2 aromatic heterocycles. The highest BCUT2D eigenvalue weighted by Crippen LogP contribution is 2.32. The number of rotatable bonds is 8. The molecule has 0 unspecified atom stereocenters. The van der Waals surface area contributed by atoms with E-state index in [9.17, 15) is 4.79 Å². The Hall–Kier alpha value is -2.45. The third kappa shape index (κ3) is 4.76. The lowest BCUT2D eigenvalue weighted by molar-refractivity contribution is 0.0979. The molecule has 3 rings (SSSR count). The molecule has 0 aliphatic rings. The standard InChI is InChI=1S/C21H29N5O2S/c1-7-28-16-8-9-17-19(13-16)29-21(22-17)25(11-10-24(5)6)20(27)18-12-15(4)26(23-18)14(2)3/h8-9,12-14H,7,10-11H2,1-6H3. The van der Waals surface area contributed by atoms with Gasteiger partial charge >= 0.3 is 0 Å². The molecule has 3 aromatic rings. The zero-order valence-corrected chi connectivity index (χ0v) is 18.8. The molecule has 0 spiro atoms. The number of benzene rings is 1. The number of likely N-dealkylation sites (N-methyl/N-ethyl adjacent to an activating group) is 1. The Morgan fingerprint density at radius 3 is 2.62 bits per heavy atom. The molecule has 0 bridgehead atoms. The summed E-state index contributed by atoms with van der Waals surface area (Å²) in [6.07, 6.45) is 0. The molecule has 1 amide bonds. The van der Waals surface area contributed by atoms with Crippen LogP contribution in [0.3, 0.4) is 0 Å². The first-order valence-corrected chi connectivity index (χ1v) is 10.7. The smallest absolute Gasteiger partial charge is 0.280 e. The number of aryl methyl sites for hydroxylation is 1. The fourth-order valence-corrected chi connectivity index (χ4v) is 4.12. The Balaban J connectivity index is 1.97. The van der Waals surface area contributed by atoms with E-state index in [0.717, 1.165) is 28.2 Å². The van der Waals surface area contributed by atoms with Crippen LogP contribution in [0.5, 0.6) is 5.75 Å². The van der Waals surface area contributed by atoms with Crippen molar-refractivity contribution in [1.29, 1.82) is 0 Å². The maximum Gasteiger partial charge on any atom is 0.280 e. The topological polar surface area (TPSA) is 63.5 Å². The van der Waals surface area contributed by atoms with Crippen LogP contribution in [-0.2, 0) is 0 Å². The largest absolute Gasteiger partial charge is 0.494 e. The Bertz CT molecular complexity index is 992. The maximum absolute atomic E-state index is 13.4.